The molecule has 0 spiro atoms. The molecular formula is C27H42N2O7S2. The highest BCUT2D eigenvalue weighted by Crippen LogP contribution is 2.25. The Kier molecular flexibility index (Phi) is 14.6. The summed E-state index contributed by atoms with van der Waals surface area (Å²) in [5, 5.41) is 33.7. The summed E-state index contributed by atoms with van der Waals surface area (Å²) in [6.45, 7) is 9.68. The molecule has 3 atom stereocenters. The molecule has 0 aliphatic heterocycles. The zero-order chi connectivity index (χ0) is 28.9. The second kappa shape index (κ2) is 16.5. The quantitative estimate of drug-likeness (QED) is 0.136. The summed E-state index contributed by atoms with van der Waals surface area (Å²) in [6, 6.07) is 4.72. The lowest BCUT2D eigenvalue weighted by Crippen LogP contribution is -2.45. The van der Waals surface area contributed by atoms with E-state index in [1.165, 1.54) is 0 Å². The van der Waals surface area contributed by atoms with Crippen LogP contribution in [0.3, 0.4) is 0 Å². The molecule has 0 aliphatic rings. The largest absolute Gasteiger partial charge is 0.508 e. The van der Waals surface area contributed by atoms with Crippen LogP contribution in [0.15, 0.2) is 24.3 Å². The predicted octanol–water partition coefficient (Wildman–Crippen LogP) is 4.33. The molecular weight excluding hydrogens is 528 g/mol. The molecule has 1 aromatic carbocycles. The van der Waals surface area contributed by atoms with Gasteiger partial charge in [0.2, 0.25) is 11.8 Å². The summed E-state index contributed by atoms with van der Waals surface area (Å²) in [4.78, 5) is 48.5. The molecule has 2 amide bonds. The molecule has 5 N–H and O–H groups in total. The number of carboxylic acids is 2. The topological polar surface area (TPSA) is 153 Å². The Bertz CT molecular complexity index is 917. The highest BCUT2D eigenvalue weighted by Gasteiger charge is 2.27. The van der Waals surface area contributed by atoms with Crippen LogP contribution in [-0.4, -0.2) is 62.7 Å². The van der Waals surface area contributed by atoms with E-state index in [4.69, 9.17) is 0 Å². The van der Waals surface area contributed by atoms with E-state index in [0.29, 0.717) is 12.8 Å². The maximum Gasteiger partial charge on any atom is 0.327 e. The number of aryl methyl sites for hydroxylation is 1. The normalized spacial score (nSPS) is 13.9. The molecule has 0 bridgehead atoms. The van der Waals surface area contributed by atoms with E-state index in [2.05, 4.69) is 10.6 Å². The van der Waals surface area contributed by atoms with Crippen molar-refractivity contribution in [2.45, 2.75) is 78.8 Å². The fourth-order valence-corrected chi connectivity index (χ4v) is 6.05. The molecule has 0 fully saturated rings. The van der Waals surface area contributed by atoms with Gasteiger partial charge in [0.15, 0.2) is 0 Å². The SMILES string of the molecule is CC(C)C[C@@H](CCCc1ccc(O)cc1)C(=O)N[C@@H](CSSC[C@H](NC(=O)CC(C)(C)C)C(=O)O)C(=O)O. The van der Waals surface area contributed by atoms with Crippen molar-refractivity contribution in [3.63, 3.8) is 0 Å². The average Bonchev–Trinajstić information content (AvgIpc) is 2.78. The Labute approximate surface area is 233 Å². The first-order valence-corrected chi connectivity index (χ1v) is 15.2. The number of aromatic hydroxyl groups is 1. The summed E-state index contributed by atoms with van der Waals surface area (Å²) < 4.78 is 0. The van der Waals surface area contributed by atoms with Crippen LogP contribution in [0, 0.1) is 17.3 Å². The number of carbonyl (C=O) groups is 4. The smallest absolute Gasteiger partial charge is 0.327 e. The van der Waals surface area contributed by atoms with Gasteiger partial charge in [0.25, 0.3) is 0 Å². The van der Waals surface area contributed by atoms with Gasteiger partial charge in [0, 0.05) is 23.8 Å². The highest BCUT2D eigenvalue weighted by molar-refractivity contribution is 8.76. The lowest BCUT2D eigenvalue weighted by atomic mass is 9.90. The Morgan fingerprint density at radius 3 is 1.89 bits per heavy atom. The number of hydrogen-bond donors (Lipinski definition) is 5. The van der Waals surface area contributed by atoms with Gasteiger partial charge in [0.1, 0.15) is 17.8 Å². The maximum absolute atomic E-state index is 13.0. The summed E-state index contributed by atoms with van der Waals surface area (Å²) in [6.07, 6.45) is 2.91. The third-order valence-electron chi connectivity index (χ3n) is 5.57. The van der Waals surface area contributed by atoms with Gasteiger partial charge in [-0.2, -0.15) is 0 Å². The molecule has 1 rings (SSSR count). The van der Waals surface area contributed by atoms with Gasteiger partial charge in [-0.15, -0.1) is 0 Å². The van der Waals surface area contributed by atoms with E-state index in [1.807, 2.05) is 46.8 Å². The van der Waals surface area contributed by atoms with Gasteiger partial charge in [-0.25, -0.2) is 9.59 Å². The number of amides is 2. The van der Waals surface area contributed by atoms with Gasteiger partial charge in [-0.05, 0) is 54.7 Å². The number of nitrogens with one attached hydrogen (secondary N) is 2. The van der Waals surface area contributed by atoms with E-state index >= 15 is 0 Å². The molecule has 0 saturated carbocycles. The van der Waals surface area contributed by atoms with E-state index in [1.54, 1.807) is 12.1 Å². The number of hydrogen-bond acceptors (Lipinski definition) is 7. The van der Waals surface area contributed by atoms with Crippen LogP contribution in [0.1, 0.15) is 65.9 Å². The molecule has 38 heavy (non-hydrogen) atoms. The Morgan fingerprint density at radius 1 is 0.895 bits per heavy atom. The molecule has 214 valence electrons. The van der Waals surface area contributed by atoms with Gasteiger partial charge < -0.3 is 26.0 Å². The van der Waals surface area contributed by atoms with Crippen molar-refractivity contribution >= 4 is 45.3 Å². The molecule has 0 radical (unpaired) electrons. The Hall–Kier alpha value is -2.40. The summed E-state index contributed by atoms with van der Waals surface area (Å²) in [7, 11) is 2.29. The lowest BCUT2D eigenvalue weighted by Gasteiger charge is -2.22. The van der Waals surface area contributed by atoms with Crippen LogP contribution in [0.2, 0.25) is 0 Å². The monoisotopic (exact) mass is 570 g/mol. The first-order valence-electron chi connectivity index (χ1n) is 12.8. The minimum absolute atomic E-state index is 0.0515. The van der Waals surface area contributed by atoms with Gasteiger partial charge in [0.05, 0.1) is 0 Å². The Morgan fingerprint density at radius 2 is 1.42 bits per heavy atom. The van der Waals surface area contributed by atoms with Crippen LogP contribution >= 0.6 is 21.6 Å². The minimum Gasteiger partial charge on any atom is -0.508 e. The lowest BCUT2D eigenvalue weighted by molar-refractivity contribution is -0.142. The Balaban J connectivity index is 2.61. The zero-order valence-electron chi connectivity index (χ0n) is 22.9. The molecule has 11 heteroatoms. The molecule has 0 aromatic heterocycles. The number of aliphatic carboxylic acids is 2. The van der Waals surface area contributed by atoms with Crippen molar-refractivity contribution in [1.29, 1.82) is 0 Å². The number of carbonyl (C=O) groups excluding carboxylic acids is 2. The van der Waals surface area contributed by atoms with Crippen LogP contribution in [-0.2, 0) is 25.6 Å². The third kappa shape index (κ3) is 14.5. The second-order valence-corrected chi connectivity index (χ2v) is 13.6. The second-order valence-electron chi connectivity index (χ2n) is 11.0. The predicted molar refractivity (Wildman–Crippen MR) is 152 cm³/mol. The van der Waals surface area contributed by atoms with Crippen molar-refractivity contribution in [2.75, 3.05) is 11.5 Å². The molecule has 0 unspecified atom stereocenters. The molecule has 0 heterocycles. The number of rotatable bonds is 17. The summed E-state index contributed by atoms with van der Waals surface area (Å²) >= 11 is 0. The standard InChI is InChI=1S/C27H42N2O7S2/c1-17(2)13-19(8-6-7-18-9-11-20(30)12-10-18)24(32)29-22(26(35)36)16-38-37-15-21(25(33)34)28-23(31)14-27(3,4)5/h9-12,17,19,21-22,30H,6-8,13-16H2,1-5H3,(H,28,31)(H,29,32)(H,33,34)(H,35,36)/t19-,21+,22+/m1/s1. The maximum atomic E-state index is 13.0. The van der Waals surface area contributed by atoms with Gasteiger partial charge in [-0.1, -0.05) is 68.3 Å². The fraction of sp³-hybridized carbons (Fsp3) is 0.630. The van der Waals surface area contributed by atoms with Gasteiger partial charge in [-0.3, -0.25) is 9.59 Å². The van der Waals surface area contributed by atoms with Gasteiger partial charge >= 0.3 is 11.9 Å². The summed E-state index contributed by atoms with van der Waals surface area (Å²) in [5.41, 5.74) is 0.776. The molecule has 9 nitrogen and oxygen atoms in total. The number of phenols is 1. The molecule has 1 aromatic rings. The van der Waals surface area contributed by atoms with Crippen LogP contribution < -0.4 is 10.6 Å². The number of phenolic OH excluding ortho intramolecular Hbond substituents is 1. The highest BCUT2D eigenvalue weighted by atomic mass is 33.1. The van der Waals surface area contributed by atoms with Crippen LogP contribution in [0.25, 0.3) is 0 Å². The van der Waals surface area contributed by atoms with E-state index in [0.717, 1.165) is 40.0 Å². The molecule has 0 aliphatic carbocycles. The summed E-state index contributed by atoms with van der Waals surface area (Å²) in [5.74, 6) is -2.74. The van der Waals surface area contributed by atoms with Crippen molar-refractivity contribution in [3.8, 4) is 5.75 Å². The third-order valence-corrected chi connectivity index (χ3v) is 7.99. The zero-order valence-corrected chi connectivity index (χ0v) is 24.5. The van der Waals surface area contributed by atoms with Crippen molar-refractivity contribution in [1.82, 2.24) is 10.6 Å². The first-order chi connectivity index (χ1) is 17.7. The van der Waals surface area contributed by atoms with E-state index in [-0.39, 0.29) is 52.7 Å². The van der Waals surface area contributed by atoms with E-state index < -0.39 is 24.0 Å². The minimum atomic E-state index is -1.16. The van der Waals surface area contributed by atoms with Crippen LogP contribution in [0.4, 0.5) is 0 Å². The van der Waals surface area contributed by atoms with Crippen LogP contribution in [0.5, 0.6) is 5.75 Å². The number of carboxylic acid groups (broad SMARTS) is 2. The molecule has 0 saturated heterocycles. The van der Waals surface area contributed by atoms with Crippen molar-refractivity contribution < 1.29 is 34.5 Å². The van der Waals surface area contributed by atoms with Crippen molar-refractivity contribution in [2.24, 2.45) is 17.3 Å². The fourth-order valence-electron chi connectivity index (χ4n) is 3.74. The first kappa shape index (κ1) is 33.6. The van der Waals surface area contributed by atoms with Crippen molar-refractivity contribution in [3.05, 3.63) is 29.8 Å². The van der Waals surface area contributed by atoms with E-state index in [9.17, 15) is 34.5 Å². The number of benzene rings is 1. The average molecular weight is 571 g/mol.